The van der Waals surface area contributed by atoms with E-state index in [-0.39, 0.29) is 30.1 Å². The number of nitrogens with two attached hydrogens (primary N) is 1. The Labute approximate surface area is 128 Å². The molecule has 6 N–H and O–H groups in total. The normalized spacial score (nSPS) is 25.3. The maximum Gasteiger partial charge on any atom is 0.470 e. The molecular formula is C10H14N5O7P. The molecule has 1 saturated heterocycles. The Morgan fingerprint density at radius 2 is 2.30 bits per heavy atom. The molecule has 0 aromatic carbocycles. The molecule has 0 unspecified atom stereocenters. The number of imidazole rings is 1. The number of hydrogen-bond acceptors (Lipinski definition) is 8. The largest absolute Gasteiger partial charge is 0.470 e. The highest BCUT2D eigenvalue weighted by molar-refractivity contribution is 7.46. The second-order valence-corrected chi connectivity index (χ2v) is 6.17. The maximum atomic E-state index is 11.8. The van der Waals surface area contributed by atoms with Crippen LogP contribution in [-0.4, -0.2) is 53.2 Å². The first-order valence-electron chi connectivity index (χ1n) is 6.51. The highest BCUT2D eigenvalue weighted by Crippen LogP contribution is 2.44. The van der Waals surface area contributed by atoms with Gasteiger partial charge in [0.25, 0.3) is 5.56 Å². The predicted octanol–water partition coefficient (Wildman–Crippen LogP) is -1.54. The first-order chi connectivity index (χ1) is 10.8. The molecule has 13 heteroatoms. The summed E-state index contributed by atoms with van der Waals surface area (Å²) < 4.78 is 22.6. The van der Waals surface area contributed by atoms with Crippen molar-refractivity contribution in [2.75, 3.05) is 12.3 Å². The lowest BCUT2D eigenvalue weighted by Crippen LogP contribution is -2.22. The number of aromatic amines is 1. The number of phosphoric ester groups is 1. The Hall–Kier alpha value is -1.82. The molecule has 0 radical (unpaired) electrons. The van der Waals surface area contributed by atoms with Crippen LogP contribution in [-0.2, 0) is 13.8 Å². The third kappa shape index (κ3) is 3.13. The summed E-state index contributed by atoms with van der Waals surface area (Å²) in [6.07, 6.45) is -1.50. The topological polar surface area (TPSA) is 186 Å². The van der Waals surface area contributed by atoms with Crippen molar-refractivity contribution in [1.29, 1.82) is 0 Å². The number of ether oxygens (including phenoxy) is 1. The number of nitrogens with one attached hydrogen (secondary N) is 1. The third-order valence-electron chi connectivity index (χ3n) is 3.35. The van der Waals surface area contributed by atoms with Gasteiger partial charge in [-0.15, -0.1) is 0 Å². The molecule has 0 amide bonds. The Kier molecular flexibility index (Phi) is 3.96. The number of phosphoric acid groups is 1. The monoisotopic (exact) mass is 347 g/mol. The lowest BCUT2D eigenvalue weighted by molar-refractivity contribution is -0.0477. The summed E-state index contributed by atoms with van der Waals surface area (Å²) in [6, 6.07) is 0. The zero-order valence-electron chi connectivity index (χ0n) is 11.6. The van der Waals surface area contributed by atoms with Gasteiger partial charge in [0.1, 0.15) is 6.10 Å². The number of aromatic nitrogens is 4. The van der Waals surface area contributed by atoms with Gasteiger partial charge in [0.15, 0.2) is 17.4 Å². The van der Waals surface area contributed by atoms with Gasteiger partial charge in [-0.25, -0.2) is 9.55 Å². The van der Waals surface area contributed by atoms with Crippen molar-refractivity contribution < 1.29 is 28.7 Å². The Morgan fingerprint density at radius 3 is 2.96 bits per heavy atom. The molecule has 2 aromatic heterocycles. The van der Waals surface area contributed by atoms with E-state index in [1.165, 1.54) is 10.9 Å². The summed E-state index contributed by atoms with van der Waals surface area (Å²) >= 11 is 0. The van der Waals surface area contributed by atoms with Gasteiger partial charge < -0.3 is 25.4 Å². The van der Waals surface area contributed by atoms with Crippen molar-refractivity contribution in [2.45, 2.75) is 24.9 Å². The van der Waals surface area contributed by atoms with E-state index in [9.17, 15) is 14.5 Å². The molecule has 126 valence electrons. The van der Waals surface area contributed by atoms with Gasteiger partial charge >= 0.3 is 7.82 Å². The molecule has 0 saturated carbocycles. The van der Waals surface area contributed by atoms with Crippen LogP contribution in [0, 0.1) is 0 Å². The van der Waals surface area contributed by atoms with E-state index in [2.05, 4.69) is 15.0 Å². The molecule has 23 heavy (non-hydrogen) atoms. The molecule has 1 fully saturated rings. The summed E-state index contributed by atoms with van der Waals surface area (Å²) in [7, 11) is -4.78. The van der Waals surface area contributed by atoms with Crippen LogP contribution in [0.5, 0.6) is 0 Å². The van der Waals surface area contributed by atoms with Crippen molar-refractivity contribution in [3.05, 3.63) is 16.7 Å². The predicted molar refractivity (Wildman–Crippen MR) is 75.1 cm³/mol. The second-order valence-electron chi connectivity index (χ2n) is 4.98. The fraction of sp³-hybridized carbons (Fsp3) is 0.500. The molecule has 1 aliphatic rings. The Morgan fingerprint density at radius 1 is 1.57 bits per heavy atom. The number of aliphatic hydroxyl groups is 1. The average Bonchev–Trinajstić information content (AvgIpc) is 3.00. The molecule has 1 aliphatic heterocycles. The zero-order valence-corrected chi connectivity index (χ0v) is 12.5. The summed E-state index contributed by atoms with van der Waals surface area (Å²) in [6.45, 7) is -0.361. The van der Waals surface area contributed by atoms with Crippen LogP contribution in [0.4, 0.5) is 5.95 Å². The minimum absolute atomic E-state index is 0.00909. The van der Waals surface area contributed by atoms with Crippen LogP contribution in [0.15, 0.2) is 11.1 Å². The van der Waals surface area contributed by atoms with Crippen molar-refractivity contribution in [3.8, 4) is 0 Å². The van der Waals surface area contributed by atoms with Gasteiger partial charge in [0, 0.05) is 6.42 Å². The lowest BCUT2D eigenvalue weighted by Gasteiger charge is -2.20. The number of H-pyrrole nitrogens is 1. The molecule has 3 atom stereocenters. The first-order valence-corrected chi connectivity index (χ1v) is 8.04. The number of rotatable bonds is 4. The summed E-state index contributed by atoms with van der Waals surface area (Å²) in [5.41, 5.74) is 5.01. The molecular weight excluding hydrogens is 333 g/mol. The average molecular weight is 347 g/mol. The quantitative estimate of drug-likeness (QED) is 0.406. The number of hydrogen-bond donors (Lipinski definition) is 5. The van der Waals surface area contributed by atoms with Gasteiger partial charge in [-0.05, 0) is 0 Å². The highest BCUT2D eigenvalue weighted by Gasteiger charge is 2.41. The van der Waals surface area contributed by atoms with Gasteiger partial charge in [0.2, 0.25) is 5.95 Å². The van der Waals surface area contributed by atoms with Gasteiger partial charge in [-0.3, -0.25) is 18.9 Å². The van der Waals surface area contributed by atoms with Crippen LogP contribution in [0.3, 0.4) is 0 Å². The standard InChI is InChI=1S/C10H14N5O7P/c11-10-13-7-6(8(17)14-10)12-3-15(7)9-5(22-23(18,19)20)1-4(2-16)21-9/h3-5,9,16H,1-2H2,(H2,18,19,20)(H3,11,13,14,17)/t4-,5+,9+/m0/s1. The lowest BCUT2D eigenvalue weighted by atomic mass is 10.2. The van der Waals surface area contributed by atoms with Gasteiger partial charge in [0.05, 0.1) is 19.0 Å². The van der Waals surface area contributed by atoms with E-state index in [0.29, 0.717) is 0 Å². The molecule has 3 heterocycles. The smallest absolute Gasteiger partial charge is 0.394 e. The van der Waals surface area contributed by atoms with Crippen LogP contribution in [0.25, 0.3) is 11.2 Å². The number of nitrogens with zero attached hydrogens (tertiary/aromatic N) is 3. The number of nitrogen functional groups attached to an aromatic ring is 1. The summed E-state index contributed by atoms with van der Waals surface area (Å²) in [5, 5.41) is 9.21. The van der Waals surface area contributed by atoms with E-state index in [0.717, 1.165) is 0 Å². The van der Waals surface area contributed by atoms with Crippen LogP contribution in [0.2, 0.25) is 0 Å². The Balaban J connectivity index is 2.04. The summed E-state index contributed by atoms with van der Waals surface area (Å²) in [4.78, 5) is 39.9. The number of anilines is 1. The van der Waals surface area contributed by atoms with E-state index < -0.39 is 31.8 Å². The van der Waals surface area contributed by atoms with Crippen LogP contribution in [0.1, 0.15) is 12.6 Å². The first kappa shape index (κ1) is 16.1. The molecule has 0 spiro atoms. The Bertz CT molecular complexity index is 829. The van der Waals surface area contributed by atoms with Gasteiger partial charge in [-0.2, -0.15) is 4.98 Å². The zero-order chi connectivity index (χ0) is 16.8. The second kappa shape index (κ2) is 5.67. The van der Waals surface area contributed by atoms with Crippen molar-refractivity contribution in [2.24, 2.45) is 0 Å². The fourth-order valence-corrected chi connectivity index (χ4v) is 3.02. The molecule has 0 bridgehead atoms. The van der Waals surface area contributed by atoms with Crippen LogP contribution >= 0.6 is 7.82 Å². The molecule has 12 nitrogen and oxygen atoms in total. The molecule has 3 rings (SSSR count). The maximum absolute atomic E-state index is 11.8. The fourth-order valence-electron chi connectivity index (χ4n) is 2.48. The minimum atomic E-state index is -4.78. The third-order valence-corrected chi connectivity index (χ3v) is 3.89. The van der Waals surface area contributed by atoms with E-state index in [4.69, 9.17) is 24.8 Å². The number of fused-ring (bicyclic) bond motifs is 1. The van der Waals surface area contributed by atoms with E-state index >= 15 is 0 Å². The molecule has 2 aromatic rings. The van der Waals surface area contributed by atoms with Crippen molar-refractivity contribution in [1.82, 2.24) is 19.5 Å². The minimum Gasteiger partial charge on any atom is -0.394 e. The summed E-state index contributed by atoms with van der Waals surface area (Å²) in [5.74, 6) is -0.145. The van der Waals surface area contributed by atoms with Crippen molar-refractivity contribution >= 4 is 24.9 Å². The van der Waals surface area contributed by atoms with E-state index in [1.807, 2.05) is 0 Å². The highest BCUT2D eigenvalue weighted by atomic mass is 31.2. The SMILES string of the molecule is Nc1nc2c(ncn2[C@@H]2O[C@H](CO)C[C@H]2OP(=O)(O)O)c(=O)[nH]1. The van der Waals surface area contributed by atoms with Crippen molar-refractivity contribution in [3.63, 3.8) is 0 Å². The molecule has 0 aliphatic carbocycles. The van der Waals surface area contributed by atoms with Crippen LogP contribution < -0.4 is 11.3 Å². The number of aliphatic hydroxyl groups excluding tert-OH is 1. The van der Waals surface area contributed by atoms with Gasteiger partial charge in [-0.1, -0.05) is 0 Å². The van der Waals surface area contributed by atoms with E-state index in [1.54, 1.807) is 0 Å².